The molecular formula is C12H14O3. The maximum absolute atomic E-state index is 10.6. The summed E-state index contributed by atoms with van der Waals surface area (Å²) in [5.74, 6) is 0. The van der Waals surface area contributed by atoms with Crippen molar-refractivity contribution < 1.29 is 14.3 Å². The lowest BCUT2D eigenvalue weighted by Crippen LogP contribution is -2.25. The lowest BCUT2D eigenvalue weighted by Gasteiger charge is -2.14. The highest BCUT2D eigenvalue weighted by atomic mass is 16.6. The minimum absolute atomic E-state index is 0.0808. The first kappa shape index (κ1) is 10.3. The van der Waals surface area contributed by atoms with Gasteiger partial charge >= 0.3 is 0 Å². The minimum atomic E-state index is -0.381. The Morgan fingerprint density at radius 1 is 1.40 bits per heavy atom. The van der Waals surface area contributed by atoms with Crippen LogP contribution in [0.1, 0.15) is 12.0 Å². The molecule has 3 heteroatoms. The molecule has 0 N–H and O–H groups in total. The molecular weight excluding hydrogens is 192 g/mol. The highest BCUT2D eigenvalue weighted by Crippen LogP contribution is 2.17. The fraction of sp³-hybridized carbons (Fsp3) is 0.417. The third kappa shape index (κ3) is 2.64. The van der Waals surface area contributed by atoms with Gasteiger partial charge in [-0.05, 0) is 12.0 Å². The molecule has 0 bridgehead atoms. The van der Waals surface area contributed by atoms with E-state index in [0.29, 0.717) is 13.2 Å². The van der Waals surface area contributed by atoms with Crippen LogP contribution in [0.25, 0.3) is 0 Å². The first-order valence-corrected chi connectivity index (χ1v) is 5.12. The number of hydrogen-bond acceptors (Lipinski definition) is 3. The van der Waals surface area contributed by atoms with Gasteiger partial charge < -0.3 is 14.3 Å². The van der Waals surface area contributed by atoms with E-state index in [1.54, 1.807) is 0 Å². The van der Waals surface area contributed by atoms with Gasteiger partial charge in [0.05, 0.1) is 19.3 Å². The summed E-state index contributed by atoms with van der Waals surface area (Å²) in [6.45, 7) is 1.15. The molecule has 1 aliphatic heterocycles. The Kier molecular flexibility index (Phi) is 3.48. The van der Waals surface area contributed by atoms with Crippen molar-refractivity contribution in [3.63, 3.8) is 0 Å². The van der Waals surface area contributed by atoms with Gasteiger partial charge in [0.15, 0.2) is 6.29 Å². The third-order valence-electron chi connectivity index (χ3n) is 2.52. The average molecular weight is 206 g/mol. The van der Waals surface area contributed by atoms with Crippen LogP contribution in [0.3, 0.4) is 0 Å². The number of benzene rings is 1. The molecule has 15 heavy (non-hydrogen) atoms. The van der Waals surface area contributed by atoms with Gasteiger partial charge in [0.1, 0.15) is 6.10 Å². The van der Waals surface area contributed by atoms with Crippen molar-refractivity contribution in [3.05, 3.63) is 35.9 Å². The highest BCUT2D eigenvalue weighted by Gasteiger charge is 2.28. The quantitative estimate of drug-likeness (QED) is 0.701. The standard InChI is InChI=1S/C12H14O3/c13-8-12-11(6-7-14-12)15-9-10-4-2-1-3-5-10/h1-5,8,11-12H,6-7,9H2. The van der Waals surface area contributed by atoms with Gasteiger partial charge in [0, 0.05) is 0 Å². The minimum Gasteiger partial charge on any atom is -0.370 e. The van der Waals surface area contributed by atoms with Crippen molar-refractivity contribution in [2.45, 2.75) is 25.2 Å². The Bertz CT molecular complexity index is 310. The number of hydrogen-bond donors (Lipinski definition) is 0. The second-order valence-corrected chi connectivity index (χ2v) is 3.60. The van der Waals surface area contributed by atoms with Crippen molar-refractivity contribution in [1.29, 1.82) is 0 Å². The molecule has 1 saturated heterocycles. The van der Waals surface area contributed by atoms with Crippen LogP contribution in [0.5, 0.6) is 0 Å². The predicted molar refractivity (Wildman–Crippen MR) is 55.4 cm³/mol. The summed E-state index contributed by atoms with van der Waals surface area (Å²) in [5.41, 5.74) is 1.12. The number of carbonyl (C=O) groups is 1. The largest absolute Gasteiger partial charge is 0.370 e. The molecule has 2 unspecified atom stereocenters. The van der Waals surface area contributed by atoms with E-state index < -0.39 is 0 Å². The molecule has 0 amide bonds. The maximum Gasteiger partial charge on any atom is 0.151 e. The Morgan fingerprint density at radius 2 is 2.20 bits per heavy atom. The van der Waals surface area contributed by atoms with E-state index in [0.717, 1.165) is 18.3 Å². The number of aldehydes is 1. The molecule has 1 aliphatic rings. The van der Waals surface area contributed by atoms with Crippen molar-refractivity contribution in [1.82, 2.24) is 0 Å². The zero-order chi connectivity index (χ0) is 10.5. The van der Waals surface area contributed by atoms with Crippen LogP contribution in [-0.4, -0.2) is 25.1 Å². The Balaban J connectivity index is 1.85. The van der Waals surface area contributed by atoms with Gasteiger partial charge in [0.2, 0.25) is 0 Å². The zero-order valence-electron chi connectivity index (χ0n) is 8.46. The maximum atomic E-state index is 10.6. The number of rotatable bonds is 4. The fourth-order valence-corrected chi connectivity index (χ4v) is 1.67. The van der Waals surface area contributed by atoms with Crippen LogP contribution in [0.2, 0.25) is 0 Å². The highest BCUT2D eigenvalue weighted by molar-refractivity contribution is 5.57. The molecule has 1 aromatic carbocycles. The third-order valence-corrected chi connectivity index (χ3v) is 2.52. The molecule has 0 saturated carbocycles. The van der Waals surface area contributed by atoms with Crippen LogP contribution >= 0.6 is 0 Å². The van der Waals surface area contributed by atoms with Crippen LogP contribution in [0.15, 0.2) is 30.3 Å². The van der Waals surface area contributed by atoms with E-state index >= 15 is 0 Å². The van der Waals surface area contributed by atoms with E-state index in [1.165, 1.54) is 0 Å². The molecule has 1 aromatic rings. The smallest absolute Gasteiger partial charge is 0.151 e. The van der Waals surface area contributed by atoms with Crippen LogP contribution in [0, 0.1) is 0 Å². The number of carbonyl (C=O) groups excluding carboxylic acids is 1. The topological polar surface area (TPSA) is 35.5 Å². The van der Waals surface area contributed by atoms with Gasteiger partial charge in [-0.25, -0.2) is 0 Å². The molecule has 0 radical (unpaired) electrons. The molecule has 1 fully saturated rings. The zero-order valence-corrected chi connectivity index (χ0v) is 8.46. The molecule has 0 aromatic heterocycles. The summed E-state index contributed by atoms with van der Waals surface area (Å²) in [6, 6.07) is 9.93. The summed E-state index contributed by atoms with van der Waals surface area (Å²) in [7, 11) is 0. The SMILES string of the molecule is O=CC1OCCC1OCc1ccccc1. The van der Waals surface area contributed by atoms with Crippen molar-refractivity contribution in [2.24, 2.45) is 0 Å². The summed E-state index contributed by atoms with van der Waals surface area (Å²) in [5, 5.41) is 0. The van der Waals surface area contributed by atoms with Crippen molar-refractivity contribution in [2.75, 3.05) is 6.61 Å². The molecule has 3 nitrogen and oxygen atoms in total. The second-order valence-electron chi connectivity index (χ2n) is 3.60. The normalized spacial score (nSPS) is 25.3. The summed E-state index contributed by atoms with van der Waals surface area (Å²) in [4.78, 5) is 10.6. The molecule has 0 aliphatic carbocycles. The lowest BCUT2D eigenvalue weighted by atomic mass is 10.2. The summed E-state index contributed by atoms with van der Waals surface area (Å²) in [6.07, 6.45) is 1.16. The van der Waals surface area contributed by atoms with E-state index in [9.17, 15) is 4.79 Å². The average Bonchev–Trinajstić information content (AvgIpc) is 2.75. The van der Waals surface area contributed by atoms with E-state index in [2.05, 4.69) is 0 Å². The number of ether oxygens (including phenoxy) is 2. The molecule has 80 valence electrons. The monoisotopic (exact) mass is 206 g/mol. The fourth-order valence-electron chi connectivity index (χ4n) is 1.67. The van der Waals surface area contributed by atoms with E-state index in [1.807, 2.05) is 30.3 Å². The van der Waals surface area contributed by atoms with Gasteiger partial charge in [0.25, 0.3) is 0 Å². The van der Waals surface area contributed by atoms with Gasteiger partial charge in [-0.15, -0.1) is 0 Å². The Hall–Kier alpha value is -1.19. The van der Waals surface area contributed by atoms with Crippen LogP contribution in [-0.2, 0) is 20.9 Å². The van der Waals surface area contributed by atoms with Gasteiger partial charge in [-0.3, -0.25) is 0 Å². The van der Waals surface area contributed by atoms with E-state index in [4.69, 9.17) is 9.47 Å². The van der Waals surface area contributed by atoms with Gasteiger partial charge in [-0.2, -0.15) is 0 Å². The first-order chi connectivity index (χ1) is 7.40. The first-order valence-electron chi connectivity index (χ1n) is 5.12. The second kappa shape index (κ2) is 5.05. The summed E-state index contributed by atoms with van der Waals surface area (Å²) >= 11 is 0. The Morgan fingerprint density at radius 3 is 2.93 bits per heavy atom. The summed E-state index contributed by atoms with van der Waals surface area (Å²) < 4.78 is 10.8. The van der Waals surface area contributed by atoms with Crippen LogP contribution in [0.4, 0.5) is 0 Å². The molecule has 0 spiro atoms. The van der Waals surface area contributed by atoms with Crippen LogP contribution < -0.4 is 0 Å². The van der Waals surface area contributed by atoms with E-state index in [-0.39, 0.29) is 12.2 Å². The molecule has 2 atom stereocenters. The molecule has 2 rings (SSSR count). The van der Waals surface area contributed by atoms with Gasteiger partial charge in [-0.1, -0.05) is 30.3 Å². The Labute approximate surface area is 89.0 Å². The molecule has 1 heterocycles. The van der Waals surface area contributed by atoms with Crippen molar-refractivity contribution in [3.8, 4) is 0 Å². The predicted octanol–water partition coefficient (Wildman–Crippen LogP) is 1.56. The van der Waals surface area contributed by atoms with Crippen molar-refractivity contribution >= 4 is 6.29 Å². The lowest BCUT2D eigenvalue weighted by molar-refractivity contribution is -0.121.